The minimum absolute atomic E-state index is 0.0543. The fourth-order valence-electron chi connectivity index (χ4n) is 3.71. The SMILES string of the molecule is CC1(C)OC(=O)C2=C(CC(CCc3ccccc3)OC2c2ccc(Cl)cc2)O1. The van der Waals surface area contributed by atoms with Crippen molar-refractivity contribution in [1.29, 1.82) is 0 Å². The summed E-state index contributed by atoms with van der Waals surface area (Å²) < 4.78 is 17.9. The van der Waals surface area contributed by atoms with E-state index in [9.17, 15) is 4.79 Å². The molecule has 2 aromatic rings. The number of ether oxygens (including phenoxy) is 3. The van der Waals surface area contributed by atoms with Gasteiger partial charge in [0, 0.05) is 25.3 Å². The molecular formula is C23H23ClO4. The predicted octanol–water partition coefficient (Wildman–Crippen LogP) is 5.37. The number of carbonyl (C=O) groups is 1. The molecule has 2 heterocycles. The molecule has 4 nitrogen and oxygen atoms in total. The van der Waals surface area contributed by atoms with E-state index in [2.05, 4.69) is 12.1 Å². The molecule has 0 N–H and O–H groups in total. The number of halogens is 1. The van der Waals surface area contributed by atoms with E-state index in [-0.39, 0.29) is 12.1 Å². The number of aryl methyl sites for hydroxylation is 1. The highest BCUT2D eigenvalue weighted by atomic mass is 35.5. The topological polar surface area (TPSA) is 44.8 Å². The van der Waals surface area contributed by atoms with Gasteiger partial charge < -0.3 is 14.2 Å². The van der Waals surface area contributed by atoms with Gasteiger partial charge >= 0.3 is 5.97 Å². The number of cyclic esters (lactones) is 1. The van der Waals surface area contributed by atoms with Crippen LogP contribution in [-0.2, 0) is 25.4 Å². The molecule has 0 spiro atoms. The molecule has 0 bridgehead atoms. The maximum atomic E-state index is 12.7. The maximum absolute atomic E-state index is 12.7. The van der Waals surface area contributed by atoms with Crippen molar-refractivity contribution in [2.45, 2.75) is 51.1 Å². The molecule has 2 aliphatic heterocycles. The number of esters is 1. The van der Waals surface area contributed by atoms with Crippen LogP contribution in [0, 0.1) is 0 Å². The van der Waals surface area contributed by atoms with Crippen LogP contribution in [-0.4, -0.2) is 17.9 Å². The van der Waals surface area contributed by atoms with Crippen molar-refractivity contribution in [2.24, 2.45) is 0 Å². The highest BCUT2D eigenvalue weighted by molar-refractivity contribution is 6.30. The molecule has 2 unspecified atom stereocenters. The van der Waals surface area contributed by atoms with E-state index in [4.69, 9.17) is 25.8 Å². The first-order valence-corrected chi connectivity index (χ1v) is 9.89. The van der Waals surface area contributed by atoms with Crippen LogP contribution in [0.1, 0.15) is 43.9 Å². The van der Waals surface area contributed by atoms with Crippen molar-refractivity contribution in [3.05, 3.63) is 82.1 Å². The van der Waals surface area contributed by atoms with Gasteiger partial charge in [-0.3, -0.25) is 0 Å². The zero-order chi connectivity index (χ0) is 19.7. The van der Waals surface area contributed by atoms with Crippen LogP contribution in [0.5, 0.6) is 0 Å². The Morgan fingerprint density at radius 3 is 2.46 bits per heavy atom. The van der Waals surface area contributed by atoms with E-state index in [0.717, 1.165) is 18.4 Å². The molecule has 2 aliphatic rings. The third-order valence-corrected chi connectivity index (χ3v) is 5.25. The first-order chi connectivity index (χ1) is 13.4. The molecule has 2 aromatic carbocycles. The van der Waals surface area contributed by atoms with Gasteiger partial charge in [0.25, 0.3) is 0 Å². The van der Waals surface area contributed by atoms with Gasteiger partial charge in [0.1, 0.15) is 17.4 Å². The monoisotopic (exact) mass is 398 g/mol. The molecule has 4 rings (SSSR count). The van der Waals surface area contributed by atoms with E-state index in [1.165, 1.54) is 5.56 Å². The Morgan fingerprint density at radius 2 is 1.75 bits per heavy atom. The highest BCUT2D eigenvalue weighted by Crippen LogP contribution is 2.43. The third-order valence-electron chi connectivity index (χ3n) is 5.00. The van der Waals surface area contributed by atoms with E-state index in [1.807, 2.05) is 30.3 Å². The summed E-state index contributed by atoms with van der Waals surface area (Å²) in [5.41, 5.74) is 2.58. The number of benzene rings is 2. The van der Waals surface area contributed by atoms with E-state index in [1.54, 1.807) is 26.0 Å². The molecule has 0 fully saturated rings. The van der Waals surface area contributed by atoms with Crippen molar-refractivity contribution in [1.82, 2.24) is 0 Å². The van der Waals surface area contributed by atoms with Crippen molar-refractivity contribution < 1.29 is 19.0 Å². The summed E-state index contributed by atoms with van der Waals surface area (Å²) in [7, 11) is 0. The van der Waals surface area contributed by atoms with Gasteiger partial charge in [-0.1, -0.05) is 54.1 Å². The molecule has 28 heavy (non-hydrogen) atoms. The summed E-state index contributed by atoms with van der Waals surface area (Å²) in [6.07, 6.45) is 1.72. The van der Waals surface area contributed by atoms with Crippen molar-refractivity contribution in [3.8, 4) is 0 Å². The molecule has 5 heteroatoms. The second-order valence-electron chi connectivity index (χ2n) is 7.65. The van der Waals surface area contributed by atoms with Crippen LogP contribution in [0.15, 0.2) is 65.9 Å². The summed E-state index contributed by atoms with van der Waals surface area (Å²) >= 11 is 6.03. The van der Waals surface area contributed by atoms with Gasteiger partial charge in [-0.05, 0) is 36.1 Å². The fourth-order valence-corrected chi connectivity index (χ4v) is 3.84. The standard InChI is InChI=1S/C23H23ClO4/c1-23(2)27-19-14-18(13-8-15-6-4-3-5-7-15)26-21(20(19)22(25)28-23)16-9-11-17(24)12-10-16/h3-7,9-12,18,21H,8,13-14H2,1-2H3. The highest BCUT2D eigenvalue weighted by Gasteiger charge is 2.44. The van der Waals surface area contributed by atoms with Crippen LogP contribution >= 0.6 is 11.6 Å². The predicted molar refractivity (Wildman–Crippen MR) is 107 cm³/mol. The number of rotatable bonds is 4. The van der Waals surface area contributed by atoms with Crippen LogP contribution in [0.3, 0.4) is 0 Å². The summed E-state index contributed by atoms with van der Waals surface area (Å²) in [5.74, 6) is -0.680. The van der Waals surface area contributed by atoms with Gasteiger partial charge in [-0.15, -0.1) is 0 Å². The molecule has 0 saturated carbocycles. The Hall–Kier alpha value is -2.30. The first kappa shape index (κ1) is 19.0. The summed E-state index contributed by atoms with van der Waals surface area (Å²) in [6, 6.07) is 17.7. The van der Waals surface area contributed by atoms with Crippen LogP contribution in [0.2, 0.25) is 5.02 Å². The number of hydrogen-bond acceptors (Lipinski definition) is 4. The normalized spacial score (nSPS) is 23.6. The smallest absolute Gasteiger partial charge is 0.343 e. The van der Waals surface area contributed by atoms with Gasteiger partial charge in [-0.2, -0.15) is 0 Å². The number of carbonyl (C=O) groups excluding carboxylic acids is 1. The molecule has 2 atom stereocenters. The third kappa shape index (κ3) is 4.08. The minimum atomic E-state index is -0.970. The Bertz CT molecular complexity index is 887. The lowest BCUT2D eigenvalue weighted by atomic mass is 9.92. The quantitative estimate of drug-likeness (QED) is 0.650. The largest absolute Gasteiger partial charge is 0.456 e. The maximum Gasteiger partial charge on any atom is 0.343 e. The van der Waals surface area contributed by atoms with Crippen molar-refractivity contribution in [2.75, 3.05) is 0 Å². The Kier molecular flexibility index (Phi) is 5.17. The summed E-state index contributed by atoms with van der Waals surface area (Å²) in [5, 5.41) is 0.637. The van der Waals surface area contributed by atoms with Gasteiger partial charge in [0.2, 0.25) is 5.79 Å². The molecule has 0 amide bonds. The van der Waals surface area contributed by atoms with E-state index < -0.39 is 11.9 Å². The molecule has 0 radical (unpaired) electrons. The average Bonchev–Trinajstić information content (AvgIpc) is 2.66. The summed E-state index contributed by atoms with van der Waals surface area (Å²) in [6.45, 7) is 3.50. The zero-order valence-corrected chi connectivity index (χ0v) is 16.7. The second kappa shape index (κ2) is 7.61. The molecule has 0 aliphatic carbocycles. The van der Waals surface area contributed by atoms with E-state index >= 15 is 0 Å². The van der Waals surface area contributed by atoms with Crippen LogP contribution in [0.4, 0.5) is 0 Å². The molecule has 0 saturated heterocycles. The fraction of sp³-hybridized carbons (Fsp3) is 0.348. The Balaban J connectivity index is 1.62. The van der Waals surface area contributed by atoms with Crippen LogP contribution in [0.25, 0.3) is 0 Å². The zero-order valence-electron chi connectivity index (χ0n) is 16.0. The molecular weight excluding hydrogens is 376 g/mol. The second-order valence-corrected chi connectivity index (χ2v) is 8.08. The van der Waals surface area contributed by atoms with Gasteiger partial charge in [-0.25, -0.2) is 4.79 Å². The molecule has 0 aromatic heterocycles. The van der Waals surface area contributed by atoms with Crippen molar-refractivity contribution >= 4 is 17.6 Å². The molecule has 146 valence electrons. The average molecular weight is 399 g/mol. The van der Waals surface area contributed by atoms with Gasteiger partial charge in [0.15, 0.2) is 0 Å². The Labute approximate surface area is 170 Å². The first-order valence-electron chi connectivity index (χ1n) is 9.51. The van der Waals surface area contributed by atoms with Crippen molar-refractivity contribution in [3.63, 3.8) is 0 Å². The number of hydrogen-bond donors (Lipinski definition) is 0. The minimum Gasteiger partial charge on any atom is -0.456 e. The lowest BCUT2D eigenvalue weighted by molar-refractivity contribution is -0.217. The summed E-state index contributed by atoms with van der Waals surface area (Å²) in [4.78, 5) is 12.7. The van der Waals surface area contributed by atoms with Crippen LogP contribution < -0.4 is 0 Å². The van der Waals surface area contributed by atoms with E-state index in [0.29, 0.717) is 22.8 Å². The lowest BCUT2D eigenvalue weighted by Crippen LogP contribution is -2.42. The van der Waals surface area contributed by atoms with Gasteiger partial charge in [0.05, 0.1) is 6.10 Å². The Morgan fingerprint density at radius 1 is 1.04 bits per heavy atom. The lowest BCUT2D eigenvalue weighted by Gasteiger charge is -2.40.